The highest BCUT2D eigenvalue weighted by molar-refractivity contribution is 6.01. The molecule has 2 heterocycles. The number of aromatic carboxylic acids is 1. The van der Waals surface area contributed by atoms with Crippen molar-refractivity contribution in [2.75, 3.05) is 10.6 Å². The molecule has 1 aromatic heterocycles. The molecule has 2 aliphatic rings. The summed E-state index contributed by atoms with van der Waals surface area (Å²) in [6, 6.07) is 8.62. The van der Waals surface area contributed by atoms with Crippen LogP contribution in [0.3, 0.4) is 0 Å². The van der Waals surface area contributed by atoms with Crippen LogP contribution in [0.25, 0.3) is 0 Å². The summed E-state index contributed by atoms with van der Waals surface area (Å²) >= 11 is 0. The number of carbonyl (C=O) groups excluding carboxylic acids is 2. The Balaban J connectivity index is 1.42. The van der Waals surface area contributed by atoms with E-state index in [2.05, 4.69) is 20.9 Å². The number of rotatable bonds is 6. The van der Waals surface area contributed by atoms with E-state index in [9.17, 15) is 14.4 Å². The Bertz CT molecular complexity index is 1090. The number of pyridine rings is 1. The predicted molar refractivity (Wildman–Crippen MR) is 111 cm³/mol. The van der Waals surface area contributed by atoms with Crippen molar-refractivity contribution in [2.45, 2.75) is 19.4 Å². The van der Waals surface area contributed by atoms with Crippen LogP contribution in [0, 0.1) is 5.92 Å². The van der Waals surface area contributed by atoms with Crippen LogP contribution < -0.4 is 16.0 Å². The molecule has 1 aromatic carbocycles. The zero-order valence-electron chi connectivity index (χ0n) is 16.0. The van der Waals surface area contributed by atoms with E-state index in [0.717, 1.165) is 22.5 Å². The number of fused-ring (bicyclic) bond motifs is 1. The molecule has 8 nitrogen and oxygen atoms in total. The van der Waals surface area contributed by atoms with Crippen molar-refractivity contribution >= 4 is 29.2 Å². The number of benzene rings is 1. The van der Waals surface area contributed by atoms with Gasteiger partial charge in [0.15, 0.2) is 0 Å². The normalized spacial score (nSPS) is 17.0. The number of nitrogens with one attached hydrogen (secondary N) is 3. The highest BCUT2D eigenvalue weighted by Gasteiger charge is 2.24. The number of hydrogen-bond donors (Lipinski definition) is 4. The van der Waals surface area contributed by atoms with Gasteiger partial charge in [-0.1, -0.05) is 18.2 Å². The predicted octanol–water partition coefficient (Wildman–Crippen LogP) is 2.46. The third-order valence-electron chi connectivity index (χ3n) is 5.02. The van der Waals surface area contributed by atoms with Gasteiger partial charge in [0.1, 0.15) is 5.69 Å². The fourth-order valence-electron chi connectivity index (χ4n) is 3.49. The first kappa shape index (κ1) is 19.4. The Kier molecular flexibility index (Phi) is 5.30. The number of anilines is 2. The van der Waals surface area contributed by atoms with Gasteiger partial charge >= 0.3 is 5.97 Å². The second-order valence-corrected chi connectivity index (χ2v) is 7.13. The minimum Gasteiger partial charge on any atom is -0.477 e. The van der Waals surface area contributed by atoms with Gasteiger partial charge in [0.25, 0.3) is 0 Å². The van der Waals surface area contributed by atoms with Crippen LogP contribution in [0.5, 0.6) is 0 Å². The molecule has 4 rings (SSSR count). The van der Waals surface area contributed by atoms with Gasteiger partial charge in [-0.3, -0.25) is 9.59 Å². The molecule has 0 fully saturated rings. The molecule has 0 saturated carbocycles. The van der Waals surface area contributed by atoms with Crippen LogP contribution in [-0.2, 0) is 22.6 Å². The molecule has 0 spiro atoms. The number of carboxylic acids is 1. The second-order valence-electron chi connectivity index (χ2n) is 7.13. The summed E-state index contributed by atoms with van der Waals surface area (Å²) in [7, 11) is 0. The van der Waals surface area contributed by atoms with Crippen LogP contribution in [-0.4, -0.2) is 27.9 Å². The molecule has 30 heavy (non-hydrogen) atoms. The van der Waals surface area contributed by atoms with Crippen molar-refractivity contribution in [3.8, 4) is 0 Å². The van der Waals surface area contributed by atoms with Crippen LogP contribution in [0.4, 0.5) is 11.4 Å². The van der Waals surface area contributed by atoms with E-state index in [1.807, 2.05) is 24.3 Å². The average molecular weight is 404 g/mol. The minimum atomic E-state index is -1.08. The van der Waals surface area contributed by atoms with E-state index in [-0.39, 0.29) is 17.5 Å². The SMILES string of the molecule is O=C1Cc2ccc(NC(=O)C3CC=CC=C3NCc3ccnc(C(=O)O)c3)cc2N1. The van der Waals surface area contributed by atoms with E-state index >= 15 is 0 Å². The van der Waals surface area contributed by atoms with Gasteiger partial charge in [-0.15, -0.1) is 0 Å². The molecule has 8 heteroatoms. The van der Waals surface area contributed by atoms with Gasteiger partial charge in [-0.2, -0.15) is 0 Å². The molecule has 2 amide bonds. The average Bonchev–Trinajstić information content (AvgIpc) is 3.12. The van der Waals surface area contributed by atoms with Crippen LogP contribution in [0.2, 0.25) is 0 Å². The monoisotopic (exact) mass is 404 g/mol. The maximum absolute atomic E-state index is 12.9. The van der Waals surface area contributed by atoms with Gasteiger partial charge < -0.3 is 21.1 Å². The molecular weight excluding hydrogens is 384 g/mol. The van der Waals surface area contributed by atoms with Gasteiger partial charge in [-0.25, -0.2) is 9.78 Å². The van der Waals surface area contributed by atoms with E-state index in [0.29, 0.717) is 25.1 Å². The molecule has 2 aromatic rings. The van der Waals surface area contributed by atoms with E-state index in [4.69, 9.17) is 5.11 Å². The number of nitrogens with zero attached hydrogens (tertiary/aromatic N) is 1. The van der Waals surface area contributed by atoms with Crippen LogP contribution >= 0.6 is 0 Å². The van der Waals surface area contributed by atoms with Gasteiger partial charge in [-0.05, 0) is 47.9 Å². The fraction of sp³-hybridized carbons (Fsp3) is 0.182. The molecule has 0 bridgehead atoms. The molecular formula is C22H20N4O4. The van der Waals surface area contributed by atoms with Gasteiger partial charge in [0.05, 0.1) is 12.3 Å². The number of aromatic nitrogens is 1. The standard InChI is InChI=1S/C22H20N4O4/c27-20-10-14-5-6-15(11-18(14)26-20)25-21(28)16-3-1-2-4-17(16)24-12-13-7-8-23-19(9-13)22(29)30/h1-2,4-9,11,16,24H,3,10,12H2,(H,25,28)(H,26,27)(H,29,30). The van der Waals surface area contributed by atoms with Crippen molar-refractivity contribution in [1.29, 1.82) is 0 Å². The van der Waals surface area contributed by atoms with Crippen LogP contribution in [0.1, 0.15) is 28.0 Å². The maximum atomic E-state index is 12.9. The minimum absolute atomic E-state index is 0.0233. The Morgan fingerprint density at radius 2 is 2.10 bits per heavy atom. The largest absolute Gasteiger partial charge is 0.477 e. The lowest BCUT2D eigenvalue weighted by Crippen LogP contribution is -2.31. The summed E-state index contributed by atoms with van der Waals surface area (Å²) in [5.74, 6) is -1.70. The smallest absolute Gasteiger partial charge is 0.354 e. The van der Waals surface area contributed by atoms with Crippen molar-refractivity contribution in [3.05, 3.63) is 77.3 Å². The summed E-state index contributed by atoms with van der Waals surface area (Å²) in [5, 5.41) is 18.0. The highest BCUT2D eigenvalue weighted by atomic mass is 16.4. The van der Waals surface area contributed by atoms with E-state index < -0.39 is 11.9 Å². The molecule has 0 radical (unpaired) electrons. The lowest BCUT2D eigenvalue weighted by atomic mass is 9.95. The summed E-state index contributed by atoms with van der Waals surface area (Å²) in [4.78, 5) is 39.3. The van der Waals surface area contributed by atoms with E-state index in [1.54, 1.807) is 18.2 Å². The third-order valence-corrected chi connectivity index (χ3v) is 5.02. The number of carbonyl (C=O) groups is 3. The van der Waals surface area contributed by atoms with Crippen molar-refractivity contribution in [3.63, 3.8) is 0 Å². The second kappa shape index (κ2) is 8.20. The molecule has 0 saturated heterocycles. The van der Waals surface area contributed by atoms with Crippen molar-refractivity contribution in [2.24, 2.45) is 5.92 Å². The first-order valence-corrected chi connectivity index (χ1v) is 9.52. The lowest BCUT2D eigenvalue weighted by Gasteiger charge is -2.22. The molecule has 1 aliphatic carbocycles. The molecule has 152 valence electrons. The quantitative estimate of drug-likeness (QED) is 0.587. The summed E-state index contributed by atoms with van der Waals surface area (Å²) in [6.07, 6.45) is 8.00. The molecule has 1 unspecified atom stereocenters. The fourth-order valence-corrected chi connectivity index (χ4v) is 3.49. The van der Waals surface area contributed by atoms with Crippen molar-refractivity contribution < 1.29 is 19.5 Å². The highest BCUT2D eigenvalue weighted by Crippen LogP contribution is 2.27. The Labute approximate surface area is 172 Å². The number of carboxylic acid groups (broad SMARTS) is 1. The summed E-state index contributed by atoms with van der Waals surface area (Å²) in [6.45, 7) is 0.372. The zero-order valence-corrected chi connectivity index (χ0v) is 16.0. The Hall–Kier alpha value is -3.94. The molecule has 4 N–H and O–H groups in total. The lowest BCUT2D eigenvalue weighted by molar-refractivity contribution is -0.119. The first-order valence-electron chi connectivity index (χ1n) is 9.52. The number of allylic oxidation sites excluding steroid dienone is 3. The first-order chi connectivity index (χ1) is 14.5. The maximum Gasteiger partial charge on any atom is 0.354 e. The Morgan fingerprint density at radius 3 is 2.93 bits per heavy atom. The number of amides is 2. The number of hydrogen-bond acceptors (Lipinski definition) is 5. The molecule has 1 atom stereocenters. The summed E-state index contributed by atoms with van der Waals surface area (Å²) < 4.78 is 0. The van der Waals surface area contributed by atoms with Gasteiger partial charge in [0, 0.05) is 29.8 Å². The Morgan fingerprint density at radius 1 is 1.23 bits per heavy atom. The van der Waals surface area contributed by atoms with E-state index in [1.165, 1.54) is 12.3 Å². The van der Waals surface area contributed by atoms with Crippen LogP contribution in [0.15, 0.2) is 60.5 Å². The van der Waals surface area contributed by atoms with Gasteiger partial charge in [0.2, 0.25) is 11.8 Å². The van der Waals surface area contributed by atoms with Crippen molar-refractivity contribution in [1.82, 2.24) is 10.3 Å². The third kappa shape index (κ3) is 4.22. The summed E-state index contributed by atoms with van der Waals surface area (Å²) in [5.41, 5.74) is 3.74. The molecule has 1 aliphatic heterocycles. The topological polar surface area (TPSA) is 120 Å². The zero-order chi connectivity index (χ0) is 21.1.